The molecule has 0 bridgehead atoms. The van der Waals surface area contributed by atoms with Gasteiger partial charge in [-0.1, -0.05) is 0 Å². The molecular formula is C18H34N2O3. The van der Waals surface area contributed by atoms with Gasteiger partial charge in [0, 0.05) is 19.3 Å². The molecule has 0 spiro atoms. The summed E-state index contributed by atoms with van der Waals surface area (Å²) in [5.41, 5.74) is -0.427. The second-order valence-corrected chi connectivity index (χ2v) is 8.09. The van der Waals surface area contributed by atoms with Gasteiger partial charge in [-0.3, -0.25) is 0 Å². The Morgan fingerprint density at radius 2 is 1.57 bits per heavy atom. The van der Waals surface area contributed by atoms with Crippen LogP contribution in [0.3, 0.4) is 0 Å². The van der Waals surface area contributed by atoms with Crippen LogP contribution in [0, 0.1) is 11.8 Å². The smallest absolute Gasteiger partial charge is 0.407 e. The maximum Gasteiger partial charge on any atom is 0.407 e. The molecule has 5 heteroatoms. The van der Waals surface area contributed by atoms with Crippen molar-refractivity contribution in [2.45, 2.75) is 70.9 Å². The Hall–Kier alpha value is -0.810. The van der Waals surface area contributed by atoms with Crippen LogP contribution in [0.1, 0.15) is 59.3 Å². The summed E-state index contributed by atoms with van der Waals surface area (Å²) >= 11 is 0. The molecule has 1 heterocycles. The Labute approximate surface area is 140 Å². The Morgan fingerprint density at radius 3 is 2.13 bits per heavy atom. The lowest BCUT2D eigenvalue weighted by molar-refractivity contribution is 0.0408. The predicted octanol–water partition coefficient (Wildman–Crippen LogP) is 3.09. The van der Waals surface area contributed by atoms with Crippen LogP contribution in [0.4, 0.5) is 4.79 Å². The van der Waals surface area contributed by atoms with Crippen LogP contribution < -0.4 is 10.6 Å². The fourth-order valence-corrected chi connectivity index (χ4v) is 3.40. The molecule has 1 saturated carbocycles. The largest absolute Gasteiger partial charge is 0.444 e. The van der Waals surface area contributed by atoms with Crippen molar-refractivity contribution in [3.05, 3.63) is 0 Å². The van der Waals surface area contributed by atoms with Crippen molar-refractivity contribution < 1.29 is 14.3 Å². The summed E-state index contributed by atoms with van der Waals surface area (Å²) in [6.45, 7) is 9.74. The zero-order chi connectivity index (χ0) is 16.7. The summed E-state index contributed by atoms with van der Waals surface area (Å²) in [6.07, 6.45) is 6.52. The molecule has 0 aromatic rings. The second kappa shape index (κ2) is 8.88. The highest BCUT2D eigenvalue weighted by atomic mass is 16.6. The average molecular weight is 326 g/mol. The zero-order valence-corrected chi connectivity index (χ0v) is 15.0. The number of hydrogen-bond donors (Lipinski definition) is 2. The van der Waals surface area contributed by atoms with Crippen LogP contribution in [0.2, 0.25) is 0 Å². The van der Waals surface area contributed by atoms with E-state index in [1.807, 2.05) is 20.8 Å². The van der Waals surface area contributed by atoms with Crippen molar-refractivity contribution in [3.63, 3.8) is 0 Å². The number of hydrogen-bond acceptors (Lipinski definition) is 4. The Balaban J connectivity index is 1.55. The molecule has 134 valence electrons. The number of rotatable bonds is 5. The van der Waals surface area contributed by atoms with Gasteiger partial charge in [0.2, 0.25) is 0 Å². The highest BCUT2D eigenvalue weighted by Gasteiger charge is 2.25. The van der Waals surface area contributed by atoms with E-state index in [1.54, 1.807) is 0 Å². The van der Waals surface area contributed by atoms with Gasteiger partial charge in [0.1, 0.15) is 5.60 Å². The molecule has 1 aliphatic carbocycles. The molecule has 1 amide bonds. The van der Waals surface area contributed by atoms with Crippen LogP contribution in [-0.2, 0) is 9.47 Å². The highest BCUT2D eigenvalue weighted by molar-refractivity contribution is 5.68. The van der Waals surface area contributed by atoms with E-state index >= 15 is 0 Å². The first-order valence-corrected chi connectivity index (χ1v) is 9.20. The van der Waals surface area contributed by atoms with E-state index in [2.05, 4.69) is 10.6 Å². The highest BCUT2D eigenvalue weighted by Crippen LogP contribution is 2.25. The molecule has 0 atom stereocenters. The Bertz CT molecular complexity index is 354. The van der Waals surface area contributed by atoms with Gasteiger partial charge in [0.15, 0.2) is 0 Å². The van der Waals surface area contributed by atoms with Gasteiger partial charge in [-0.25, -0.2) is 4.79 Å². The molecule has 2 N–H and O–H groups in total. The van der Waals surface area contributed by atoms with Gasteiger partial charge >= 0.3 is 6.09 Å². The van der Waals surface area contributed by atoms with Gasteiger partial charge in [-0.2, -0.15) is 0 Å². The van der Waals surface area contributed by atoms with Crippen molar-refractivity contribution in [2.75, 3.05) is 26.3 Å². The van der Waals surface area contributed by atoms with Crippen molar-refractivity contribution in [1.82, 2.24) is 10.6 Å². The van der Waals surface area contributed by atoms with Gasteiger partial charge in [0.05, 0.1) is 0 Å². The molecular weight excluding hydrogens is 292 g/mol. The van der Waals surface area contributed by atoms with Gasteiger partial charge in [-0.15, -0.1) is 0 Å². The minimum Gasteiger partial charge on any atom is -0.444 e. The molecule has 23 heavy (non-hydrogen) atoms. The fourth-order valence-electron chi connectivity index (χ4n) is 3.40. The summed E-state index contributed by atoms with van der Waals surface area (Å²) in [7, 11) is 0. The average Bonchev–Trinajstić information content (AvgIpc) is 2.48. The molecule has 0 aromatic carbocycles. The first kappa shape index (κ1) is 18.5. The number of carbonyl (C=O) groups is 1. The maximum absolute atomic E-state index is 11.8. The first-order chi connectivity index (χ1) is 10.9. The lowest BCUT2D eigenvalue weighted by Gasteiger charge is -2.30. The fraction of sp³-hybridized carbons (Fsp3) is 0.944. The quantitative estimate of drug-likeness (QED) is 0.815. The summed E-state index contributed by atoms with van der Waals surface area (Å²) in [5.74, 6) is 1.38. The normalized spacial score (nSPS) is 26.7. The molecule has 0 aromatic heterocycles. The van der Waals surface area contributed by atoms with Crippen molar-refractivity contribution >= 4 is 6.09 Å². The maximum atomic E-state index is 11.8. The minimum atomic E-state index is -0.427. The van der Waals surface area contributed by atoms with Crippen molar-refractivity contribution in [1.29, 1.82) is 0 Å². The van der Waals surface area contributed by atoms with E-state index in [0.717, 1.165) is 57.9 Å². The molecule has 0 radical (unpaired) electrons. The van der Waals surface area contributed by atoms with E-state index in [1.165, 1.54) is 12.8 Å². The van der Waals surface area contributed by atoms with E-state index in [-0.39, 0.29) is 12.1 Å². The van der Waals surface area contributed by atoms with E-state index in [4.69, 9.17) is 9.47 Å². The molecule has 2 rings (SSSR count). The lowest BCUT2D eigenvalue weighted by Crippen LogP contribution is -2.41. The number of carbonyl (C=O) groups excluding carboxylic acids is 1. The topological polar surface area (TPSA) is 59.6 Å². The number of piperidine rings is 1. The zero-order valence-electron chi connectivity index (χ0n) is 15.0. The monoisotopic (exact) mass is 326 g/mol. The number of alkyl carbamates (subject to hydrolysis) is 1. The second-order valence-electron chi connectivity index (χ2n) is 8.09. The molecule has 2 fully saturated rings. The molecule has 0 unspecified atom stereocenters. The van der Waals surface area contributed by atoms with Gasteiger partial charge in [0.25, 0.3) is 0 Å². The first-order valence-electron chi connectivity index (χ1n) is 9.20. The van der Waals surface area contributed by atoms with Gasteiger partial charge in [-0.05, 0) is 84.2 Å². The lowest BCUT2D eigenvalue weighted by atomic mass is 9.86. The SMILES string of the molecule is CC(C)(C)OC(=O)NC1CCC(COCC2CCNCC2)CC1. The molecule has 2 aliphatic rings. The van der Waals surface area contributed by atoms with E-state index in [0.29, 0.717) is 5.92 Å². The summed E-state index contributed by atoms with van der Waals surface area (Å²) < 4.78 is 11.3. The van der Waals surface area contributed by atoms with Crippen LogP contribution in [0.25, 0.3) is 0 Å². The van der Waals surface area contributed by atoms with E-state index in [9.17, 15) is 4.79 Å². The van der Waals surface area contributed by atoms with Crippen LogP contribution in [-0.4, -0.2) is 44.0 Å². The van der Waals surface area contributed by atoms with E-state index < -0.39 is 5.60 Å². The predicted molar refractivity (Wildman–Crippen MR) is 91.5 cm³/mol. The molecule has 1 aliphatic heterocycles. The van der Waals surface area contributed by atoms with Crippen LogP contribution in [0.15, 0.2) is 0 Å². The molecule has 1 saturated heterocycles. The summed E-state index contributed by atoms with van der Waals surface area (Å²) in [6, 6.07) is 0.255. The van der Waals surface area contributed by atoms with Crippen LogP contribution in [0.5, 0.6) is 0 Å². The Kier molecular flexibility index (Phi) is 7.15. The molecule has 5 nitrogen and oxygen atoms in total. The standard InChI is InChI=1S/C18H34N2O3/c1-18(2,3)23-17(21)20-16-6-4-14(5-7-16)12-22-13-15-8-10-19-11-9-15/h14-16,19H,4-13H2,1-3H3,(H,20,21). The number of ether oxygens (including phenoxy) is 2. The van der Waals surface area contributed by atoms with Crippen molar-refractivity contribution in [2.24, 2.45) is 11.8 Å². The van der Waals surface area contributed by atoms with Crippen molar-refractivity contribution in [3.8, 4) is 0 Å². The van der Waals surface area contributed by atoms with Gasteiger partial charge < -0.3 is 20.1 Å². The third kappa shape index (κ3) is 7.53. The summed E-state index contributed by atoms with van der Waals surface area (Å²) in [5, 5.41) is 6.38. The van der Waals surface area contributed by atoms with Crippen LogP contribution >= 0.6 is 0 Å². The third-order valence-corrected chi connectivity index (χ3v) is 4.73. The third-order valence-electron chi connectivity index (χ3n) is 4.73. The number of amides is 1. The Morgan fingerprint density at radius 1 is 1.00 bits per heavy atom. The number of nitrogens with one attached hydrogen (secondary N) is 2. The minimum absolute atomic E-state index is 0.255. The summed E-state index contributed by atoms with van der Waals surface area (Å²) in [4.78, 5) is 11.8.